The number of aliphatic hydroxyl groups is 1. The summed E-state index contributed by atoms with van der Waals surface area (Å²) in [5.41, 5.74) is 15.6. The van der Waals surface area contributed by atoms with Crippen LogP contribution in [0.2, 0.25) is 0 Å². The molecular formula is C54H87ClN4O9. The highest BCUT2D eigenvalue weighted by atomic mass is 35.5. The summed E-state index contributed by atoms with van der Waals surface area (Å²) in [6, 6.07) is 38.4. The third-order valence-electron chi connectivity index (χ3n) is 9.01. The van der Waals surface area contributed by atoms with E-state index in [1.807, 2.05) is 187 Å². The van der Waals surface area contributed by atoms with Gasteiger partial charge in [-0.1, -0.05) is 164 Å². The fourth-order valence-electron chi connectivity index (χ4n) is 5.45. The molecular weight excluding hydrogens is 884 g/mol. The topological polar surface area (TPSA) is 184 Å². The van der Waals surface area contributed by atoms with Crippen molar-refractivity contribution in [2.45, 2.75) is 118 Å². The lowest BCUT2D eigenvalue weighted by Crippen LogP contribution is -2.39. The largest absolute Gasteiger partial charge is 0.465 e. The number of halogens is 1. The van der Waals surface area contributed by atoms with Gasteiger partial charge >= 0.3 is 17.9 Å². The zero-order valence-corrected chi connectivity index (χ0v) is 41.4. The first-order chi connectivity index (χ1) is 31.3. The molecule has 0 heterocycles. The van der Waals surface area contributed by atoms with Gasteiger partial charge in [0.25, 0.3) is 6.47 Å². The molecule has 4 aromatic rings. The van der Waals surface area contributed by atoms with Crippen LogP contribution in [-0.2, 0) is 63.8 Å². The predicted octanol–water partition coefficient (Wildman–Crippen LogP) is 8.50. The molecule has 4 unspecified atom stereocenters. The Morgan fingerprint density at radius 2 is 0.794 bits per heavy atom. The smallest absolute Gasteiger partial charge is 0.323 e. The second-order valence-electron chi connectivity index (χ2n) is 15.3. The molecule has 0 spiro atoms. The van der Waals surface area contributed by atoms with Gasteiger partial charge in [-0.2, -0.15) is 0 Å². The van der Waals surface area contributed by atoms with E-state index in [9.17, 15) is 19.2 Å². The minimum absolute atomic E-state index is 0. The number of esters is 3. The van der Waals surface area contributed by atoms with Crippen molar-refractivity contribution in [1.29, 1.82) is 0 Å². The SMILES string of the molecule is C.C.CCCO.CCCOC(=O)C(Cc1ccccc1)N(C)C.CCCOC(=O)C(Cc1ccccc1)N(C)C.CCCOC(=O)C(N)Cc1ccccc1.Cl.NC(Cc1ccccc1)OC=O. The van der Waals surface area contributed by atoms with Crippen molar-refractivity contribution in [2.75, 3.05) is 54.6 Å². The Balaban J connectivity index is -0.000000387. The summed E-state index contributed by atoms with van der Waals surface area (Å²) in [7, 11) is 7.61. The quantitative estimate of drug-likeness (QED) is 0.0295. The Morgan fingerprint density at radius 1 is 0.515 bits per heavy atom. The number of aliphatic hydroxyl groups excluding tert-OH is 1. The molecule has 384 valence electrons. The highest BCUT2D eigenvalue weighted by Crippen LogP contribution is 2.10. The maximum atomic E-state index is 11.9. The van der Waals surface area contributed by atoms with E-state index in [4.69, 9.17) is 30.8 Å². The van der Waals surface area contributed by atoms with Crippen molar-refractivity contribution < 1.29 is 43.2 Å². The van der Waals surface area contributed by atoms with Crippen molar-refractivity contribution in [3.8, 4) is 0 Å². The van der Waals surface area contributed by atoms with E-state index in [2.05, 4.69) is 4.74 Å². The fraction of sp³-hybridized carbons (Fsp3) is 0.481. The molecule has 0 amide bonds. The van der Waals surface area contributed by atoms with Gasteiger partial charge in [0, 0.05) is 13.0 Å². The van der Waals surface area contributed by atoms with Gasteiger partial charge in [0.05, 0.1) is 19.8 Å². The van der Waals surface area contributed by atoms with Gasteiger partial charge in [-0.15, -0.1) is 12.4 Å². The second-order valence-corrected chi connectivity index (χ2v) is 15.3. The van der Waals surface area contributed by atoms with E-state index in [0.717, 1.165) is 47.9 Å². The van der Waals surface area contributed by atoms with Crippen LogP contribution in [0.25, 0.3) is 0 Å². The number of benzene rings is 4. The summed E-state index contributed by atoms with van der Waals surface area (Å²) in [5.74, 6) is -0.595. The van der Waals surface area contributed by atoms with E-state index in [1.165, 1.54) is 0 Å². The molecule has 14 heteroatoms. The summed E-state index contributed by atoms with van der Waals surface area (Å²) in [5, 5.41) is 7.88. The Kier molecular flexibility index (Phi) is 46.6. The Morgan fingerprint density at radius 3 is 1.06 bits per heavy atom. The lowest BCUT2D eigenvalue weighted by atomic mass is 10.1. The molecule has 13 nitrogen and oxygen atoms in total. The van der Waals surface area contributed by atoms with Crippen LogP contribution >= 0.6 is 12.4 Å². The highest BCUT2D eigenvalue weighted by Gasteiger charge is 2.23. The van der Waals surface area contributed by atoms with Crippen LogP contribution in [0.15, 0.2) is 121 Å². The van der Waals surface area contributed by atoms with Crippen molar-refractivity contribution >= 4 is 36.8 Å². The number of likely N-dealkylation sites (N-methyl/N-ethyl adjacent to an activating group) is 2. The van der Waals surface area contributed by atoms with Gasteiger partial charge in [0.1, 0.15) is 18.1 Å². The number of nitrogens with zero attached hydrogens (tertiary/aromatic N) is 2. The summed E-state index contributed by atoms with van der Waals surface area (Å²) in [6.45, 7) is 10.0. The van der Waals surface area contributed by atoms with Crippen LogP contribution in [-0.4, -0.2) is 118 Å². The number of nitrogens with two attached hydrogens (primary N) is 2. The van der Waals surface area contributed by atoms with Crippen LogP contribution in [0.1, 0.15) is 90.5 Å². The zero-order chi connectivity index (χ0) is 48.7. The van der Waals surface area contributed by atoms with E-state index >= 15 is 0 Å². The van der Waals surface area contributed by atoms with Crippen LogP contribution < -0.4 is 11.5 Å². The van der Waals surface area contributed by atoms with Crippen molar-refractivity contribution in [2.24, 2.45) is 11.5 Å². The molecule has 68 heavy (non-hydrogen) atoms. The fourth-order valence-corrected chi connectivity index (χ4v) is 5.45. The molecule has 5 N–H and O–H groups in total. The first-order valence-corrected chi connectivity index (χ1v) is 22.5. The lowest BCUT2D eigenvalue weighted by molar-refractivity contribution is -0.149. The molecule has 0 bridgehead atoms. The molecule has 0 aliphatic rings. The average molecular weight is 972 g/mol. The average Bonchev–Trinajstić information content (AvgIpc) is 3.32. The third kappa shape index (κ3) is 35.1. The first kappa shape index (κ1) is 69.4. The standard InChI is InChI=1S/2C14H21NO2.C12H17NO2.C9H11NO2.C3H8O.2CH4.ClH/c2*1-4-10-17-14(16)13(15(2)3)11-12-8-6-5-7-9-12;1-2-8-15-12(14)11(13)9-10-6-4-3-5-7-10;10-9(12-7-11)6-8-4-2-1-3-5-8;1-2-3-4;;;/h2*5-9,13H,4,10-11H2,1-3H3;3-7,11H,2,8-9,13H2,1H3;1-5,7,9H,6,10H2;4H,2-3H2,1H3;2*1H4;1H. The minimum Gasteiger partial charge on any atom is -0.465 e. The number of ether oxygens (including phenoxy) is 4. The van der Waals surface area contributed by atoms with E-state index < -0.39 is 12.3 Å². The van der Waals surface area contributed by atoms with Crippen molar-refractivity contribution in [3.63, 3.8) is 0 Å². The molecule has 0 fully saturated rings. The maximum Gasteiger partial charge on any atom is 0.323 e. The molecule has 0 aromatic heterocycles. The van der Waals surface area contributed by atoms with Gasteiger partial charge in [-0.3, -0.25) is 34.7 Å². The van der Waals surface area contributed by atoms with Crippen molar-refractivity contribution in [3.05, 3.63) is 144 Å². The Bertz CT molecular complexity index is 1690. The summed E-state index contributed by atoms with van der Waals surface area (Å²) in [4.78, 5) is 48.8. The summed E-state index contributed by atoms with van der Waals surface area (Å²) in [6.07, 6.45) is 5.35. The summed E-state index contributed by atoms with van der Waals surface area (Å²) < 4.78 is 19.9. The first-order valence-electron chi connectivity index (χ1n) is 22.5. The summed E-state index contributed by atoms with van der Waals surface area (Å²) >= 11 is 0. The predicted molar refractivity (Wildman–Crippen MR) is 280 cm³/mol. The Hall–Kier alpha value is -5.15. The number of hydrogen-bond donors (Lipinski definition) is 3. The molecule has 0 saturated carbocycles. The maximum absolute atomic E-state index is 11.9. The third-order valence-corrected chi connectivity index (χ3v) is 9.01. The zero-order valence-electron chi connectivity index (χ0n) is 40.6. The van der Waals surface area contributed by atoms with E-state index in [-0.39, 0.29) is 57.3 Å². The molecule has 0 saturated heterocycles. The van der Waals surface area contributed by atoms with Gasteiger partial charge in [-0.05, 0) is 95.4 Å². The Labute approximate surface area is 416 Å². The van der Waals surface area contributed by atoms with E-state index in [0.29, 0.717) is 58.6 Å². The van der Waals surface area contributed by atoms with Gasteiger partial charge < -0.3 is 29.8 Å². The normalized spacial score (nSPS) is 11.5. The molecule has 4 aromatic carbocycles. The van der Waals surface area contributed by atoms with Gasteiger partial charge in [0.2, 0.25) is 0 Å². The molecule has 4 rings (SSSR count). The molecule has 0 radical (unpaired) electrons. The highest BCUT2D eigenvalue weighted by molar-refractivity contribution is 5.85. The number of rotatable bonds is 22. The molecule has 4 atom stereocenters. The molecule has 0 aliphatic carbocycles. The molecule has 0 aliphatic heterocycles. The van der Waals surface area contributed by atoms with Gasteiger partial charge in [-0.25, -0.2) is 0 Å². The number of hydrogen-bond acceptors (Lipinski definition) is 13. The van der Waals surface area contributed by atoms with Crippen LogP contribution in [0, 0.1) is 0 Å². The van der Waals surface area contributed by atoms with Crippen LogP contribution in [0.4, 0.5) is 0 Å². The number of carbonyl (C=O) groups excluding carboxylic acids is 4. The second kappa shape index (κ2) is 45.6. The van der Waals surface area contributed by atoms with Gasteiger partial charge in [0.15, 0.2) is 6.23 Å². The monoisotopic (exact) mass is 971 g/mol. The minimum atomic E-state index is -0.557. The van der Waals surface area contributed by atoms with E-state index in [1.54, 1.807) is 0 Å². The van der Waals surface area contributed by atoms with Crippen LogP contribution in [0.5, 0.6) is 0 Å². The lowest BCUT2D eigenvalue weighted by Gasteiger charge is -2.22. The number of carbonyl (C=O) groups is 4. The van der Waals surface area contributed by atoms with Crippen molar-refractivity contribution in [1.82, 2.24) is 9.80 Å². The van der Waals surface area contributed by atoms with Crippen LogP contribution in [0.3, 0.4) is 0 Å².